The van der Waals surface area contributed by atoms with Gasteiger partial charge in [-0.05, 0) is 44.5 Å². The molecule has 0 atom stereocenters. The molecule has 3 amide bonds. The number of rotatable bonds is 7. The van der Waals surface area contributed by atoms with Gasteiger partial charge < -0.3 is 21.3 Å². The lowest BCUT2D eigenvalue weighted by Gasteiger charge is -2.32. The van der Waals surface area contributed by atoms with Crippen LogP contribution in [0.15, 0.2) is 58.3 Å². The number of nitrogens with two attached hydrogens (primary N) is 1. The molecule has 2 aromatic rings. The lowest BCUT2D eigenvalue weighted by molar-refractivity contribution is -0.125. The molecule has 6 nitrogen and oxygen atoms in total. The Balaban J connectivity index is 1.54. The fraction of sp³-hybridized carbons (Fsp3) is 0.333. The first kappa shape index (κ1) is 20.1. The van der Waals surface area contributed by atoms with Crippen LogP contribution in [-0.2, 0) is 4.79 Å². The van der Waals surface area contributed by atoms with Crippen LogP contribution in [0.3, 0.4) is 0 Å². The average Bonchev–Trinajstić information content (AvgIpc) is 2.68. The van der Waals surface area contributed by atoms with E-state index in [1.54, 1.807) is 25.6 Å². The van der Waals surface area contributed by atoms with Crippen molar-refractivity contribution in [3.05, 3.63) is 48.5 Å². The second-order valence-corrected chi connectivity index (χ2v) is 8.48. The largest absolute Gasteiger partial charge is 0.369 e. The van der Waals surface area contributed by atoms with E-state index in [0.717, 1.165) is 13.0 Å². The van der Waals surface area contributed by atoms with E-state index in [1.807, 2.05) is 12.1 Å². The Hall–Kier alpha value is -2.67. The van der Waals surface area contributed by atoms with E-state index in [4.69, 9.17) is 5.73 Å². The van der Waals surface area contributed by atoms with Crippen molar-refractivity contribution >= 4 is 35.1 Å². The molecule has 0 saturated heterocycles. The number of nitrogens with zero attached hydrogens (tertiary/aromatic N) is 1. The summed E-state index contributed by atoms with van der Waals surface area (Å²) in [6, 6.07) is 16.4. The van der Waals surface area contributed by atoms with Crippen molar-refractivity contribution in [1.29, 1.82) is 0 Å². The van der Waals surface area contributed by atoms with Gasteiger partial charge in [-0.15, -0.1) is 0 Å². The average molecular weight is 399 g/mol. The quantitative estimate of drug-likeness (QED) is 0.623. The van der Waals surface area contributed by atoms with Crippen molar-refractivity contribution in [3.8, 4) is 0 Å². The number of benzene rings is 2. The standard InChI is InChI=1S/C21H26N4O2S/c1-21(2,19(22)26)14-24-20(27)23-12-7-13-25-15-8-3-5-10-17(15)28-18-11-6-4-9-16(18)25/h3-6,8-11H,7,12-14H2,1-2H3,(H2,22,26)(H2,23,24,27). The molecule has 2 aromatic carbocycles. The molecule has 0 radical (unpaired) electrons. The van der Waals surface area contributed by atoms with E-state index in [2.05, 4.69) is 51.9 Å². The van der Waals surface area contributed by atoms with Crippen molar-refractivity contribution in [2.75, 3.05) is 24.5 Å². The highest BCUT2D eigenvalue weighted by Gasteiger charge is 2.25. The molecule has 148 valence electrons. The molecule has 0 bridgehead atoms. The van der Waals surface area contributed by atoms with E-state index in [-0.39, 0.29) is 12.6 Å². The molecule has 3 rings (SSSR count). The predicted octanol–water partition coefficient (Wildman–Crippen LogP) is 3.49. The number of primary amides is 1. The monoisotopic (exact) mass is 398 g/mol. The number of fused-ring (bicyclic) bond motifs is 2. The molecule has 0 unspecified atom stereocenters. The highest BCUT2D eigenvalue weighted by atomic mass is 32.2. The number of amides is 3. The molecule has 0 saturated carbocycles. The predicted molar refractivity (Wildman–Crippen MR) is 113 cm³/mol. The minimum Gasteiger partial charge on any atom is -0.369 e. The minimum atomic E-state index is -0.768. The Bertz CT molecular complexity index is 823. The SMILES string of the molecule is CC(C)(CNC(=O)NCCCN1c2ccccc2Sc2ccccc21)C(N)=O. The Morgan fingerprint density at radius 2 is 1.57 bits per heavy atom. The summed E-state index contributed by atoms with van der Waals surface area (Å²) in [6.45, 7) is 4.95. The van der Waals surface area contributed by atoms with E-state index >= 15 is 0 Å². The molecular weight excluding hydrogens is 372 g/mol. The van der Waals surface area contributed by atoms with Crippen molar-refractivity contribution in [3.63, 3.8) is 0 Å². The van der Waals surface area contributed by atoms with Crippen LogP contribution in [0.2, 0.25) is 0 Å². The molecule has 0 spiro atoms. The number of nitrogens with one attached hydrogen (secondary N) is 2. The number of anilines is 2. The maximum absolute atomic E-state index is 12.0. The summed E-state index contributed by atoms with van der Waals surface area (Å²) in [6.07, 6.45) is 0.792. The summed E-state index contributed by atoms with van der Waals surface area (Å²) in [7, 11) is 0. The van der Waals surface area contributed by atoms with Gasteiger partial charge in [0.25, 0.3) is 0 Å². The second kappa shape index (κ2) is 8.56. The van der Waals surface area contributed by atoms with Crippen LogP contribution < -0.4 is 21.3 Å². The Kier molecular flexibility index (Phi) is 6.14. The van der Waals surface area contributed by atoms with Crippen molar-refractivity contribution in [2.45, 2.75) is 30.1 Å². The highest BCUT2D eigenvalue weighted by Crippen LogP contribution is 2.47. The molecule has 1 aliphatic rings. The van der Waals surface area contributed by atoms with Gasteiger partial charge in [0, 0.05) is 29.4 Å². The smallest absolute Gasteiger partial charge is 0.314 e. The summed E-state index contributed by atoms with van der Waals surface area (Å²) in [4.78, 5) is 28.1. The van der Waals surface area contributed by atoms with Gasteiger partial charge in [0.2, 0.25) is 5.91 Å². The first-order valence-corrected chi connectivity index (χ1v) is 10.2. The molecule has 1 heterocycles. The molecule has 4 N–H and O–H groups in total. The molecule has 7 heteroatoms. The van der Waals surface area contributed by atoms with Crippen LogP contribution in [-0.4, -0.2) is 31.6 Å². The van der Waals surface area contributed by atoms with Gasteiger partial charge in [-0.2, -0.15) is 0 Å². The van der Waals surface area contributed by atoms with Gasteiger partial charge in [-0.3, -0.25) is 4.79 Å². The summed E-state index contributed by atoms with van der Waals surface area (Å²) in [5.41, 5.74) is 6.94. The van der Waals surface area contributed by atoms with Gasteiger partial charge in [-0.25, -0.2) is 4.79 Å². The normalized spacial score (nSPS) is 12.7. The van der Waals surface area contributed by atoms with Crippen molar-refractivity contribution in [1.82, 2.24) is 10.6 Å². The number of urea groups is 1. The summed E-state index contributed by atoms with van der Waals surface area (Å²) >= 11 is 1.78. The molecule has 1 aliphatic heterocycles. The molecule has 0 aliphatic carbocycles. The van der Waals surface area contributed by atoms with Gasteiger partial charge in [-0.1, -0.05) is 36.0 Å². The summed E-state index contributed by atoms with van der Waals surface area (Å²) < 4.78 is 0. The third-order valence-corrected chi connectivity index (χ3v) is 5.86. The maximum atomic E-state index is 12.0. The van der Waals surface area contributed by atoms with Gasteiger partial charge in [0.1, 0.15) is 0 Å². The van der Waals surface area contributed by atoms with Crippen LogP contribution in [0.4, 0.5) is 16.2 Å². The van der Waals surface area contributed by atoms with Crippen LogP contribution in [0.1, 0.15) is 20.3 Å². The van der Waals surface area contributed by atoms with Crippen LogP contribution in [0.25, 0.3) is 0 Å². The second-order valence-electron chi connectivity index (χ2n) is 7.40. The number of hydrogen-bond acceptors (Lipinski definition) is 4. The molecule has 0 aromatic heterocycles. The Labute approximate surface area is 169 Å². The fourth-order valence-corrected chi connectivity index (χ4v) is 4.01. The van der Waals surface area contributed by atoms with Gasteiger partial charge in [0.15, 0.2) is 0 Å². The third kappa shape index (κ3) is 4.59. The minimum absolute atomic E-state index is 0.207. The van der Waals surface area contributed by atoms with E-state index in [0.29, 0.717) is 6.54 Å². The van der Waals surface area contributed by atoms with Crippen LogP contribution in [0, 0.1) is 5.41 Å². The summed E-state index contributed by atoms with van der Waals surface area (Å²) in [5.74, 6) is -0.437. The number of hydrogen-bond donors (Lipinski definition) is 3. The lowest BCUT2D eigenvalue weighted by Crippen LogP contribution is -2.46. The molecular formula is C21H26N4O2S. The van der Waals surface area contributed by atoms with Gasteiger partial charge >= 0.3 is 6.03 Å². The summed E-state index contributed by atoms with van der Waals surface area (Å²) in [5, 5.41) is 5.55. The highest BCUT2D eigenvalue weighted by molar-refractivity contribution is 7.99. The molecule has 28 heavy (non-hydrogen) atoms. The number of carbonyl (C=O) groups is 2. The van der Waals surface area contributed by atoms with E-state index < -0.39 is 11.3 Å². The molecule has 0 fully saturated rings. The maximum Gasteiger partial charge on any atom is 0.314 e. The first-order valence-electron chi connectivity index (χ1n) is 9.33. The zero-order valence-electron chi connectivity index (χ0n) is 16.2. The van der Waals surface area contributed by atoms with Gasteiger partial charge in [0.05, 0.1) is 16.8 Å². The first-order chi connectivity index (χ1) is 13.4. The topological polar surface area (TPSA) is 87.5 Å². The Morgan fingerprint density at radius 1 is 1.00 bits per heavy atom. The third-order valence-electron chi connectivity index (χ3n) is 4.73. The van der Waals surface area contributed by atoms with Crippen LogP contribution in [0.5, 0.6) is 0 Å². The van der Waals surface area contributed by atoms with Crippen molar-refractivity contribution < 1.29 is 9.59 Å². The zero-order chi connectivity index (χ0) is 20.1. The lowest BCUT2D eigenvalue weighted by atomic mass is 9.93. The fourth-order valence-electron chi connectivity index (χ4n) is 2.91. The zero-order valence-corrected chi connectivity index (χ0v) is 17.0. The Morgan fingerprint density at radius 3 is 2.14 bits per heavy atom. The number of para-hydroxylation sites is 2. The van der Waals surface area contributed by atoms with E-state index in [1.165, 1.54) is 21.2 Å². The van der Waals surface area contributed by atoms with Crippen LogP contribution >= 0.6 is 11.8 Å². The van der Waals surface area contributed by atoms with Crippen molar-refractivity contribution in [2.24, 2.45) is 11.1 Å². The number of carbonyl (C=O) groups excluding carboxylic acids is 2. The van der Waals surface area contributed by atoms with E-state index in [9.17, 15) is 9.59 Å².